The van der Waals surface area contributed by atoms with E-state index in [1.807, 2.05) is 30.3 Å². The summed E-state index contributed by atoms with van der Waals surface area (Å²) in [6.45, 7) is 0.743. The predicted octanol–water partition coefficient (Wildman–Crippen LogP) is 2.33. The Morgan fingerprint density at radius 2 is 1.77 bits per heavy atom. The van der Waals surface area contributed by atoms with Gasteiger partial charge in [0.15, 0.2) is 11.5 Å². The number of hydrogen-bond donors (Lipinski definition) is 2. The number of para-hydroxylation sites is 1. The zero-order valence-corrected chi connectivity index (χ0v) is 14.2. The minimum absolute atomic E-state index is 0.156. The maximum absolute atomic E-state index is 11.9. The zero-order valence-electron chi connectivity index (χ0n) is 14.2. The molecule has 7 nitrogen and oxygen atoms in total. The Bertz CT molecular complexity index is 764. The second-order valence-electron chi connectivity index (χ2n) is 5.63. The molecule has 0 saturated heterocycles. The molecular weight excluding hydrogens is 336 g/mol. The van der Waals surface area contributed by atoms with E-state index in [1.54, 1.807) is 18.2 Å². The van der Waals surface area contributed by atoms with Gasteiger partial charge in [0.05, 0.1) is 13.0 Å². The average molecular weight is 356 g/mol. The summed E-state index contributed by atoms with van der Waals surface area (Å²) in [7, 11) is 0. The van der Waals surface area contributed by atoms with Gasteiger partial charge in [-0.15, -0.1) is 0 Å². The number of fused-ring (bicyclic) bond motifs is 1. The van der Waals surface area contributed by atoms with Gasteiger partial charge in [-0.1, -0.05) is 18.2 Å². The SMILES string of the molecule is O=C(CCOc1ccccc1)NCCC(=O)Nc1ccc2c(c1)OCO2. The van der Waals surface area contributed by atoms with Gasteiger partial charge in [-0.2, -0.15) is 0 Å². The van der Waals surface area contributed by atoms with Crippen molar-refractivity contribution >= 4 is 17.5 Å². The minimum Gasteiger partial charge on any atom is -0.493 e. The Labute approximate surface area is 151 Å². The molecule has 26 heavy (non-hydrogen) atoms. The number of carbonyl (C=O) groups excluding carboxylic acids is 2. The molecule has 1 heterocycles. The summed E-state index contributed by atoms with van der Waals surface area (Å²) in [6, 6.07) is 14.5. The van der Waals surface area contributed by atoms with Gasteiger partial charge in [0.1, 0.15) is 5.75 Å². The standard InChI is InChI=1S/C19H20N2O5/c22-18(9-11-24-15-4-2-1-3-5-15)20-10-8-19(23)21-14-6-7-16-17(12-14)26-13-25-16/h1-7,12H,8-11,13H2,(H,20,22)(H,21,23). The van der Waals surface area contributed by atoms with Crippen LogP contribution in [0.15, 0.2) is 48.5 Å². The molecule has 0 unspecified atom stereocenters. The van der Waals surface area contributed by atoms with Crippen LogP contribution in [0.5, 0.6) is 17.2 Å². The molecule has 0 radical (unpaired) electrons. The number of carbonyl (C=O) groups is 2. The molecule has 0 saturated carbocycles. The fourth-order valence-corrected chi connectivity index (χ4v) is 2.38. The summed E-state index contributed by atoms with van der Waals surface area (Å²) in [4.78, 5) is 23.7. The van der Waals surface area contributed by atoms with Gasteiger partial charge < -0.3 is 24.8 Å². The lowest BCUT2D eigenvalue weighted by molar-refractivity contribution is -0.121. The van der Waals surface area contributed by atoms with Gasteiger partial charge in [-0.3, -0.25) is 9.59 Å². The normalized spacial score (nSPS) is 11.7. The van der Waals surface area contributed by atoms with E-state index in [0.29, 0.717) is 23.8 Å². The van der Waals surface area contributed by atoms with Gasteiger partial charge in [-0.25, -0.2) is 0 Å². The molecule has 2 aromatic carbocycles. The summed E-state index contributed by atoms with van der Waals surface area (Å²) >= 11 is 0. The molecule has 0 fully saturated rings. The summed E-state index contributed by atoms with van der Waals surface area (Å²) in [5.41, 5.74) is 0.627. The van der Waals surface area contributed by atoms with Crippen molar-refractivity contribution in [3.05, 3.63) is 48.5 Å². The van der Waals surface area contributed by atoms with Gasteiger partial charge in [-0.05, 0) is 24.3 Å². The molecule has 0 atom stereocenters. The van der Waals surface area contributed by atoms with E-state index in [-0.39, 0.29) is 38.0 Å². The second kappa shape index (κ2) is 8.75. The molecule has 1 aliphatic heterocycles. The quantitative estimate of drug-likeness (QED) is 0.758. The van der Waals surface area contributed by atoms with Crippen LogP contribution in [0.4, 0.5) is 5.69 Å². The van der Waals surface area contributed by atoms with Crippen molar-refractivity contribution in [1.82, 2.24) is 5.32 Å². The Balaban J connectivity index is 1.31. The van der Waals surface area contributed by atoms with Crippen LogP contribution in [0.3, 0.4) is 0 Å². The van der Waals surface area contributed by atoms with Crippen LogP contribution in [-0.4, -0.2) is 31.8 Å². The van der Waals surface area contributed by atoms with Crippen molar-refractivity contribution in [3.8, 4) is 17.2 Å². The van der Waals surface area contributed by atoms with Crippen molar-refractivity contribution in [2.75, 3.05) is 25.3 Å². The third-order valence-electron chi connectivity index (χ3n) is 3.67. The third kappa shape index (κ3) is 5.14. The smallest absolute Gasteiger partial charge is 0.231 e. The lowest BCUT2D eigenvalue weighted by atomic mass is 10.2. The molecule has 0 aromatic heterocycles. The van der Waals surface area contributed by atoms with Gasteiger partial charge in [0.25, 0.3) is 0 Å². The van der Waals surface area contributed by atoms with Crippen molar-refractivity contribution in [2.45, 2.75) is 12.8 Å². The average Bonchev–Trinajstić information content (AvgIpc) is 3.10. The lowest BCUT2D eigenvalue weighted by Crippen LogP contribution is -2.28. The molecular formula is C19H20N2O5. The number of anilines is 1. The first-order valence-corrected chi connectivity index (χ1v) is 8.35. The third-order valence-corrected chi connectivity index (χ3v) is 3.67. The Hall–Kier alpha value is -3.22. The van der Waals surface area contributed by atoms with E-state index in [1.165, 1.54) is 0 Å². The molecule has 2 N–H and O–H groups in total. The Kier molecular flexibility index (Phi) is 5.92. The monoisotopic (exact) mass is 356 g/mol. The molecule has 2 amide bonds. The van der Waals surface area contributed by atoms with Crippen LogP contribution in [0.2, 0.25) is 0 Å². The van der Waals surface area contributed by atoms with E-state index in [2.05, 4.69) is 10.6 Å². The predicted molar refractivity (Wildman–Crippen MR) is 95.4 cm³/mol. The number of ether oxygens (including phenoxy) is 3. The van der Waals surface area contributed by atoms with Gasteiger partial charge >= 0.3 is 0 Å². The van der Waals surface area contributed by atoms with E-state index in [9.17, 15) is 9.59 Å². The number of hydrogen-bond acceptors (Lipinski definition) is 5. The molecule has 0 bridgehead atoms. The van der Waals surface area contributed by atoms with Crippen molar-refractivity contribution in [3.63, 3.8) is 0 Å². The van der Waals surface area contributed by atoms with Gasteiger partial charge in [0.2, 0.25) is 18.6 Å². The van der Waals surface area contributed by atoms with Crippen LogP contribution < -0.4 is 24.8 Å². The molecule has 0 spiro atoms. The topological polar surface area (TPSA) is 85.9 Å². The van der Waals surface area contributed by atoms with Crippen molar-refractivity contribution < 1.29 is 23.8 Å². The van der Waals surface area contributed by atoms with E-state index >= 15 is 0 Å². The summed E-state index contributed by atoms with van der Waals surface area (Å²) < 4.78 is 15.9. The largest absolute Gasteiger partial charge is 0.493 e. The van der Waals surface area contributed by atoms with Crippen molar-refractivity contribution in [2.24, 2.45) is 0 Å². The zero-order chi connectivity index (χ0) is 18.2. The van der Waals surface area contributed by atoms with Crippen LogP contribution >= 0.6 is 0 Å². The maximum atomic E-state index is 11.9. The second-order valence-corrected chi connectivity index (χ2v) is 5.63. The molecule has 136 valence electrons. The van der Waals surface area contributed by atoms with Crippen molar-refractivity contribution in [1.29, 1.82) is 0 Å². The first kappa shape index (κ1) is 17.6. The highest BCUT2D eigenvalue weighted by molar-refractivity contribution is 5.91. The Morgan fingerprint density at radius 3 is 2.62 bits per heavy atom. The molecule has 7 heteroatoms. The highest BCUT2D eigenvalue weighted by Gasteiger charge is 2.14. The maximum Gasteiger partial charge on any atom is 0.231 e. The first-order chi connectivity index (χ1) is 12.7. The van der Waals surface area contributed by atoms with E-state index in [4.69, 9.17) is 14.2 Å². The van der Waals surface area contributed by atoms with Crippen LogP contribution in [0, 0.1) is 0 Å². The molecule has 1 aliphatic rings. The molecule has 2 aromatic rings. The van der Waals surface area contributed by atoms with Gasteiger partial charge in [0, 0.05) is 24.7 Å². The summed E-state index contributed by atoms with van der Waals surface area (Å²) in [5.74, 6) is 1.65. The summed E-state index contributed by atoms with van der Waals surface area (Å²) in [5, 5.41) is 5.46. The fraction of sp³-hybridized carbons (Fsp3) is 0.263. The van der Waals surface area contributed by atoms with Crippen LogP contribution in [0.25, 0.3) is 0 Å². The highest BCUT2D eigenvalue weighted by Crippen LogP contribution is 2.34. The fourth-order valence-electron chi connectivity index (χ4n) is 2.38. The minimum atomic E-state index is -0.190. The number of benzene rings is 2. The number of amides is 2. The van der Waals surface area contributed by atoms with Crippen LogP contribution in [0.1, 0.15) is 12.8 Å². The van der Waals surface area contributed by atoms with E-state index in [0.717, 1.165) is 5.75 Å². The first-order valence-electron chi connectivity index (χ1n) is 8.35. The number of nitrogens with one attached hydrogen (secondary N) is 2. The Morgan fingerprint density at radius 1 is 0.962 bits per heavy atom. The summed E-state index contributed by atoms with van der Waals surface area (Å²) in [6.07, 6.45) is 0.415. The molecule has 3 rings (SSSR count). The van der Waals surface area contributed by atoms with E-state index < -0.39 is 0 Å². The lowest BCUT2D eigenvalue weighted by Gasteiger charge is -2.08. The highest BCUT2D eigenvalue weighted by atomic mass is 16.7. The molecule has 0 aliphatic carbocycles. The van der Waals surface area contributed by atoms with Crippen LogP contribution in [-0.2, 0) is 9.59 Å². The number of rotatable bonds is 8.